The lowest BCUT2D eigenvalue weighted by Gasteiger charge is -2.08. The van der Waals surface area contributed by atoms with Crippen molar-refractivity contribution in [3.8, 4) is 11.3 Å². The van der Waals surface area contributed by atoms with Crippen molar-refractivity contribution in [2.24, 2.45) is 13.0 Å². The standard InChI is InChI=1S/C17H20N4/c1-11(2)10-14-16(20-21(3)17(14)18)13-6-4-8-15-12(13)7-5-9-19-15/h4-9,11H,10,18H2,1-3H3. The van der Waals surface area contributed by atoms with Crippen molar-refractivity contribution in [1.29, 1.82) is 0 Å². The molecule has 0 aliphatic rings. The van der Waals surface area contributed by atoms with Gasteiger partial charge in [-0.25, -0.2) is 0 Å². The molecule has 2 aromatic heterocycles. The quantitative estimate of drug-likeness (QED) is 0.799. The van der Waals surface area contributed by atoms with Crippen LogP contribution in [0.3, 0.4) is 0 Å². The van der Waals surface area contributed by atoms with Crippen molar-refractivity contribution in [1.82, 2.24) is 14.8 Å². The second-order valence-electron chi connectivity index (χ2n) is 5.81. The Morgan fingerprint density at radius 1 is 1.19 bits per heavy atom. The summed E-state index contributed by atoms with van der Waals surface area (Å²) in [6.45, 7) is 4.39. The number of hydrogen-bond donors (Lipinski definition) is 1. The van der Waals surface area contributed by atoms with Crippen LogP contribution in [0.1, 0.15) is 19.4 Å². The number of nitrogens with two attached hydrogens (primary N) is 1. The molecular weight excluding hydrogens is 260 g/mol. The predicted octanol–water partition coefficient (Wildman–Crippen LogP) is 3.42. The van der Waals surface area contributed by atoms with Crippen molar-refractivity contribution >= 4 is 16.7 Å². The second-order valence-corrected chi connectivity index (χ2v) is 5.81. The monoisotopic (exact) mass is 280 g/mol. The second kappa shape index (κ2) is 5.20. The smallest absolute Gasteiger partial charge is 0.125 e. The van der Waals surface area contributed by atoms with E-state index in [0.29, 0.717) is 5.92 Å². The number of nitrogen functional groups attached to an aromatic ring is 1. The molecule has 0 aliphatic carbocycles. The van der Waals surface area contributed by atoms with Crippen LogP contribution in [0.25, 0.3) is 22.2 Å². The Bertz CT molecular complexity index is 781. The summed E-state index contributed by atoms with van der Waals surface area (Å²) in [5.74, 6) is 1.28. The minimum absolute atomic E-state index is 0.531. The topological polar surface area (TPSA) is 56.7 Å². The molecule has 0 saturated carbocycles. The van der Waals surface area contributed by atoms with Gasteiger partial charge in [0.1, 0.15) is 5.82 Å². The van der Waals surface area contributed by atoms with Gasteiger partial charge in [0, 0.05) is 29.8 Å². The van der Waals surface area contributed by atoms with Gasteiger partial charge in [0.05, 0.1) is 11.2 Å². The maximum absolute atomic E-state index is 6.22. The van der Waals surface area contributed by atoms with Crippen LogP contribution in [-0.2, 0) is 13.5 Å². The number of rotatable bonds is 3. The number of nitrogens with zero attached hydrogens (tertiary/aromatic N) is 3. The average molecular weight is 280 g/mol. The molecule has 4 nitrogen and oxygen atoms in total. The van der Waals surface area contributed by atoms with E-state index in [0.717, 1.165) is 40.0 Å². The molecular formula is C17H20N4. The maximum atomic E-state index is 6.22. The lowest BCUT2D eigenvalue weighted by atomic mass is 9.97. The minimum atomic E-state index is 0.531. The summed E-state index contributed by atoms with van der Waals surface area (Å²) in [5, 5.41) is 5.76. The number of anilines is 1. The molecule has 3 rings (SSSR count). The Hall–Kier alpha value is -2.36. The maximum Gasteiger partial charge on any atom is 0.125 e. The molecule has 0 fully saturated rings. The number of fused-ring (bicyclic) bond motifs is 1. The predicted molar refractivity (Wildman–Crippen MR) is 86.9 cm³/mol. The van der Waals surface area contributed by atoms with Crippen molar-refractivity contribution in [2.45, 2.75) is 20.3 Å². The van der Waals surface area contributed by atoms with Gasteiger partial charge in [-0.3, -0.25) is 9.67 Å². The lowest BCUT2D eigenvalue weighted by molar-refractivity contribution is 0.648. The van der Waals surface area contributed by atoms with Crippen LogP contribution in [0.15, 0.2) is 36.5 Å². The van der Waals surface area contributed by atoms with Crippen molar-refractivity contribution in [3.05, 3.63) is 42.1 Å². The van der Waals surface area contributed by atoms with Crippen LogP contribution < -0.4 is 5.73 Å². The van der Waals surface area contributed by atoms with E-state index < -0.39 is 0 Å². The lowest BCUT2D eigenvalue weighted by Crippen LogP contribution is -2.02. The van der Waals surface area contributed by atoms with E-state index in [1.165, 1.54) is 0 Å². The van der Waals surface area contributed by atoms with Gasteiger partial charge in [0.25, 0.3) is 0 Å². The van der Waals surface area contributed by atoms with Crippen molar-refractivity contribution in [2.75, 3.05) is 5.73 Å². The number of aryl methyl sites for hydroxylation is 1. The first-order chi connectivity index (χ1) is 10.1. The molecule has 0 aliphatic heterocycles. The van der Waals surface area contributed by atoms with Gasteiger partial charge in [-0.15, -0.1) is 0 Å². The van der Waals surface area contributed by atoms with Gasteiger partial charge >= 0.3 is 0 Å². The van der Waals surface area contributed by atoms with Gasteiger partial charge in [-0.1, -0.05) is 32.0 Å². The number of aromatic nitrogens is 3. The molecule has 0 saturated heterocycles. The number of hydrogen-bond acceptors (Lipinski definition) is 3. The highest BCUT2D eigenvalue weighted by atomic mass is 15.3. The van der Waals surface area contributed by atoms with Crippen molar-refractivity contribution in [3.63, 3.8) is 0 Å². The van der Waals surface area contributed by atoms with E-state index in [-0.39, 0.29) is 0 Å². The molecule has 0 unspecified atom stereocenters. The third kappa shape index (κ3) is 2.37. The van der Waals surface area contributed by atoms with Crippen LogP contribution in [0, 0.1) is 5.92 Å². The molecule has 0 atom stereocenters. The van der Waals surface area contributed by atoms with E-state index >= 15 is 0 Å². The SMILES string of the molecule is CC(C)Cc1c(-c2cccc3ncccc23)nn(C)c1N. The summed E-state index contributed by atoms with van der Waals surface area (Å²) in [5.41, 5.74) is 10.4. The molecule has 108 valence electrons. The summed E-state index contributed by atoms with van der Waals surface area (Å²) in [7, 11) is 1.89. The van der Waals surface area contributed by atoms with Gasteiger partial charge in [-0.2, -0.15) is 5.10 Å². The molecule has 2 N–H and O–H groups in total. The van der Waals surface area contributed by atoms with Crippen LogP contribution in [0.4, 0.5) is 5.82 Å². The van der Waals surface area contributed by atoms with Crippen LogP contribution in [-0.4, -0.2) is 14.8 Å². The Morgan fingerprint density at radius 2 is 2.00 bits per heavy atom. The van der Waals surface area contributed by atoms with E-state index in [2.05, 4.69) is 36.1 Å². The molecule has 21 heavy (non-hydrogen) atoms. The molecule has 4 heteroatoms. The van der Waals surface area contributed by atoms with Crippen LogP contribution in [0.2, 0.25) is 0 Å². The normalized spacial score (nSPS) is 11.4. The third-order valence-corrected chi connectivity index (χ3v) is 3.71. The van der Waals surface area contributed by atoms with E-state index in [1.807, 2.05) is 31.4 Å². The molecule has 3 aromatic rings. The molecule has 1 aromatic carbocycles. The first kappa shape index (κ1) is 13.6. The number of benzene rings is 1. The van der Waals surface area contributed by atoms with Crippen LogP contribution in [0.5, 0.6) is 0 Å². The molecule has 2 heterocycles. The minimum Gasteiger partial charge on any atom is -0.384 e. The first-order valence-corrected chi connectivity index (χ1v) is 7.23. The fourth-order valence-corrected chi connectivity index (χ4v) is 2.72. The fourth-order valence-electron chi connectivity index (χ4n) is 2.72. The van der Waals surface area contributed by atoms with Gasteiger partial charge < -0.3 is 5.73 Å². The summed E-state index contributed by atoms with van der Waals surface area (Å²) in [4.78, 5) is 4.42. The Kier molecular flexibility index (Phi) is 3.37. The fraction of sp³-hybridized carbons (Fsp3) is 0.294. The van der Waals surface area contributed by atoms with E-state index in [1.54, 1.807) is 4.68 Å². The van der Waals surface area contributed by atoms with E-state index in [4.69, 9.17) is 5.73 Å². The summed E-state index contributed by atoms with van der Waals surface area (Å²) in [6, 6.07) is 10.2. The highest BCUT2D eigenvalue weighted by molar-refractivity contribution is 5.94. The Morgan fingerprint density at radius 3 is 2.76 bits per heavy atom. The zero-order valence-corrected chi connectivity index (χ0v) is 12.7. The summed E-state index contributed by atoms with van der Waals surface area (Å²) in [6.07, 6.45) is 2.74. The Labute approximate surface area is 124 Å². The first-order valence-electron chi connectivity index (χ1n) is 7.23. The largest absolute Gasteiger partial charge is 0.384 e. The van der Waals surface area contributed by atoms with Gasteiger partial charge in [0.2, 0.25) is 0 Å². The van der Waals surface area contributed by atoms with Crippen LogP contribution >= 0.6 is 0 Å². The average Bonchev–Trinajstić information content (AvgIpc) is 2.74. The number of pyridine rings is 1. The van der Waals surface area contributed by atoms with E-state index in [9.17, 15) is 0 Å². The zero-order chi connectivity index (χ0) is 15.0. The third-order valence-electron chi connectivity index (χ3n) is 3.71. The Balaban J connectivity index is 2.26. The molecule has 0 amide bonds. The highest BCUT2D eigenvalue weighted by Gasteiger charge is 2.18. The summed E-state index contributed by atoms with van der Waals surface area (Å²) < 4.78 is 1.77. The molecule has 0 radical (unpaired) electrons. The van der Waals surface area contributed by atoms with Gasteiger partial charge in [0.15, 0.2) is 0 Å². The zero-order valence-electron chi connectivity index (χ0n) is 12.7. The summed E-state index contributed by atoms with van der Waals surface area (Å²) >= 11 is 0. The van der Waals surface area contributed by atoms with Crippen molar-refractivity contribution < 1.29 is 0 Å². The highest BCUT2D eigenvalue weighted by Crippen LogP contribution is 2.33. The molecule has 0 spiro atoms. The molecule has 0 bridgehead atoms. The van der Waals surface area contributed by atoms with Gasteiger partial charge in [-0.05, 0) is 24.5 Å².